The molecule has 2 aliphatic heterocycles. The van der Waals surface area contributed by atoms with Crippen molar-refractivity contribution in [3.05, 3.63) is 66.0 Å². The number of aromatic nitrogens is 4. The van der Waals surface area contributed by atoms with E-state index in [-0.39, 0.29) is 17.5 Å². The van der Waals surface area contributed by atoms with Crippen molar-refractivity contribution in [2.24, 2.45) is 5.92 Å². The quantitative estimate of drug-likeness (QED) is 0.430. The lowest BCUT2D eigenvalue weighted by atomic mass is 9.88. The minimum Gasteiger partial charge on any atom is -0.486 e. The Balaban J connectivity index is 1.19. The number of ether oxygens (including phenoxy) is 2. The fourth-order valence-electron chi connectivity index (χ4n) is 4.56. The number of nitrogens with zero attached hydrogens (tertiary/aromatic N) is 5. The van der Waals surface area contributed by atoms with Gasteiger partial charge in [0.25, 0.3) is 0 Å². The summed E-state index contributed by atoms with van der Waals surface area (Å²) in [6.07, 6.45) is 1.44. The third kappa shape index (κ3) is 3.63. The van der Waals surface area contributed by atoms with Gasteiger partial charge < -0.3 is 14.4 Å². The van der Waals surface area contributed by atoms with Gasteiger partial charge in [-0.05, 0) is 55.3 Å². The topological polar surface area (TPSA) is 81.9 Å². The second kappa shape index (κ2) is 8.40. The Morgan fingerprint density at radius 2 is 1.74 bits per heavy atom. The number of halogens is 1. The summed E-state index contributed by atoms with van der Waals surface area (Å²) in [4.78, 5) is 15.3. The number of carbonyl (C=O) groups is 1. The molecule has 9 heteroatoms. The largest absolute Gasteiger partial charge is 0.486 e. The van der Waals surface area contributed by atoms with Gasteiger partial charge in [-0.1, -0.05) is 12.1 Å². The van der Waals surface area contributed by atoms with Crippen LogP contribution >= 0.6 is 0 Å². The summed E-state index contributed by atoms with van der Waals surface area (Å²) >= 11 is 0. The van der Waals surface area contributed by atoms with E-state index in [4.69, 9.17) is 9.47 Å². The third-order valence-corrected chi connectivity index (χ3v) is 6.38. The monoisotopic (exact) mass is 459 g/mol. The fraction of sp³-hybridized carbons (Fsp3) is 0.280. The standard InChI is InChI=1S/C25H22FN5O3/c26-19-4-2-1-3-18(19)25-28-27-22-7-8-23(29-31(22)25)30-11-9-16(10-12-30)24(32)17-5-6-20-21(15-17)34-14-13-33-20/h1-8,15-16H,9-14H2. The Morgan fingerprint density at radius 3 is 2.56 bits per heavy atom. The van der Waals surface area contributed by atoms with Crippen LogP contribution in [0.15, 0.2) is 54.6 Å². The molecule has 0 radical (unpaired) electrons. The molecule has 172 valence electrons. The van der Waals surface area contributed by atoms with Gasteiger partial charge in [0.1, 0.15) is 24.8 Å². The molecule has 4 aromatic rings. The summed E-state index contributed by atoms with van der Waals surface area (Å²) < 4.78 is 27.1. The number of Topliss-reactive ketones (excluding diaryl/α,β-unsaturated/α-hetero) is 1. The van der Waals surface area contributed by atoms with Crippen molar-refractivity contribution in [3.63, 3.8) is 0 Å². The first-order chi connectivity index (χ1) is 16.7. The molecule has 0 saturated carbocycles. The zero-order chi connectivity index (χ0) is 23.1. The van der Waals surface area contributed by atoms with Gasteiger partial charge >= 0.3 is 0 Å². The lowest BCUT2D eigenvalue weighted by Gasteiger charge is -2.32. The van der Waals surface area contributed by atoms with Crippen LogP contribution in [-0.2, 0) is 0 Å². The maximum Gasteiger partial charge on any atom is 0.188 e. The van der Waals surface area contributed by atoms with E-state index < -0.39 is 0 Å². The van der Waals surface area contributed by atoms with Gasteiger partial charge in [0.15, 0.2) is 28.8 Å². The second-order valence-corrected chi connectivity index (χ2v) is 8.45. The van der Waals surface area contributed by atoms with Crippen LogP contribution in [0, 0.1) is 11.7 Å². The SMILES string of the molecule is O=C(c1ccc2c(c1)OCCO2)C1CCN(c2ccc3nnc(-c4ccccc4F)n3n2)CC1. The van der Waals surface area contributed by atoms with Crippen LogP contribution in [0.5, 0.6) is 11.5 Å². The van der Waals surface area contributed by atoms with Crippen LogP contribution in [0.4, 0.5) is 10.2 Å². The molecule has 4 heterocycles. The van der Waals surface area contributed by atoms with E-state index in [9.17, 15) is 9.18 Å². The molecule has 6 rings (SSSR count). The summed E-state index contributed by atoms with van der Waals surface area (Å²) in [5.74, 6) is 2.11. The smallest absolute Gasteiger partial charge is 0.188 e. The van der Waals surface area contributed by atoms with Crippen molar-refractivity contribution < 1.29 is 18.7 Å². The highest BCUT2D eigenvalue weighted by molar-refractivity contribution is 5.98. The van der Waals surface area contributed by atoms with Gasteiger partial charge in [0.2, 0.25) is 0 Å². The van der Waals surface area contributed by atoms with Crippen molar-refractivity contribution in [2.75, 3.05) is 31.2 Å². The Hall–Kier alpha value is -4.01. The van der Waals surface area contributed by atoms with Gasteiger partial charge in [0.05, 0.1) is 5.56 Å². The number of fused-ring (bicyclic) bond motifs is 2. The van der Waals surface area contributed by atoms with Crippen LogP contribution < -0.4 is 14.4 Å². The molecule has 2 aromatic carbocycles. The van der Waals surface area contributed by atoms with Crippen molar-refractivity contribution in [1.29, 1.82) is 0 Å². The number of carbonyl (C=O) groups excluding carboxylic acids is 1. The van der Waals surface area contributed by atoms with Crippen molar-refractivity contribution >= 4 is 17.2 Å². The summed E-state index contributed by atoms with van der Waals surface area (Å²) in [6, 6.07) is 15.6. The Labute approximate surface area is 194 Å². The molecule has 0 spiro atoms. The maximum absolute atomic E-state index is 14.3. The first-order valence-corrected chi connectivity index (χ1v) is 11.3. The number of benzene rings is 2. The zero-order valence-electron chi connectivity index (χ0n) is 18.4. The first-order valence-electron chi connectivity index (χ1n) is 11.3. The van der Waals surface area contributed by atoms with Crippen LogP contribution in [0.25, 0.3) is 17.0 Å². The Kier molecular flexibility index (Phi) is 5.09. The number of piperidine rings is 1. The molecule has 0 unspecified atom stereocenters. The fourth-order valence-corrected chi connectivity index (χ4v) is 4.56. The number of anilines is 1. The maximum atomic E-state index is 14.3. The predicted molar refractivity (Wildman–Crippen MR) is 123 cm³/mol. The normalized spacial score (nSPS) is 16.1. The molecular formula is C25H22FN5O3. The van der Waals surface area contributed by atoms with Crippen molar-refractivity contribution in [3.8, 4) is 22.9 Å². The predicted octanol–water partition coefficient (Wildman–Crippen LogP) is 3.80. The van der Waals surface area contributed by atoms with E-state index in [1.807, 2.05) is 24.3 Å². The molecule has 8 nitrogen and oxygen atoms in total. The molecule has 0 amide bonds. The summed E-state index contributed by atoms with van der Waals surface area (Å²) in [5.41, 5.74) is 1.55. The molecule has 2 aliphatic rings. The van der Waals surface area contributed by atoms with Crippen LogP contribution in [-0.4, -0.2) is 51.9 Å². The molecule has 34 heavy (non-hydrogen) atoms. The number of hydrogen-bond donors (Lipinski definition) is 0. The van der Waals surface area contributed by atoms with E-state index in [1.54, 1.807) is 28.8 Å². The average Bonchev–Trinajstić information content (AvgIpc) is 3.31. The van der Waals surface area contributed by atoms with Crippen LogP contribution in [0.3, 0.4) is 0 Å². The van der Waals surface area contributed by atoms with E-state index in [1.165, 1.54) is 6.07 Å². The molecule has 0 bridgehead atoms. The lowest BCUT2D eigenvalue weighted by molar-refractivity contribution is 0.0899. The van der Waals surface area contributed by atoms with Gasteiger partial charge in [-0.2, -0.15) is 4.52 Å². The van der Waals surface area contributed by atoms with E-state index >= 15 is 0 Å². The molecule has 0 N–H and O–H groups in total. The zero-order valence-corrected chi connectivity index (χ0v) is 18.4. The average molecular weight is 459 g/mol. The minimum absolute atomic E-state index is 0.0635. The first kappa shape index (κ1) is 20.6. The van der Waals surface area contributed by atoms with E-state index in [0.29, 0.717) is 60.4 Å². The Morgan fingerprint density at radius 1 is 0.941 bits per heavy atom. The van der Waals surface area contributed by atoms with Crippen LogP contribution in [0.1, 0.15) is 23.2 Å². The second-order valence-electron chi connectivity index (χ2n) is 8.45. The van der Waals surface area contributed by atoms with Gasteiger partial charge in [-0.25, -0.2) is 4.39 Å². The molecule has 0 aliphatic carbocycles. The highest BCUT2D eigenvalue weighted by atomic mass is 19.1. The number of rotatable bonds is 4. The van der Waals surface area contributed by atoms with Crippen molar-refractivity contribution in [1.82, 2.24) is 19.8 Å². The molecular weight excluding hydrogens is 437 g/mol. The Bertz CT molecular complexity index is 1380. The third-order valence-electron chi connectivity index (χ3n) is 6.38. The van der Waals surface area contributed by atoms with E-state index in [2.05, 4.69) is 20.2 Å². The van der Waals surface area contributed by atoms with Gasteiger partial charge in [0, 0.05) is 24.6 Å². The minimum atomic E-state index is -0.373. The van der Waals surface area contributed by atoms with Crippen molar-refractivity contribution in [2.45, 2.75) is 12.8 Å². The number of hydrogen-bond acceptors (Lipinski definition) is 7. The summed E-state index contributed by atoms with van der Waals surface area (Å²) in [6.45, 7) is 2.40. The van der Waals surface area contributed by atoms with E-state index in [0.717, 1.165) is 18.7 Å². The highest BCUT2D eigenvalue weighted by Gasteiger charge is 2.28. The lowest BCUT2D eigenvalue weighted by Crippen LogP contribution is -2.37. The molecule has 1 fully saturated rings. The molecule has 2 aromatic heterocycles. The summed E-state index contributed by atoms with van der Waals surface area (Å²) in [7, 11) is 0. The summed E-state index contributed by atoms with van der Waals surface area (Å²) in [5, 5.41) is 13.0. The van der Waals surface area contributed by atoms with Gasteiger partial charge in [-0.3, -0.25) is 4.79 Å². The van der Waals surface area contributed by atoms with Crippen LogP contribution in [0.2, 0.25) is 0 Å². The molecule has 0 atom stereocenters. The number of ketones is 1. The molecule has 1 saturated heterocycles. The van der Waals surface area contributed by atoms with Gasteiger partial charge in [-0.15, -0.1) is 15.3 Å². The highest BCUT2D eigenvalue weighted by Crippen LogP contribution is 2.33.